The number of ether oxygens (including phenoxy) is 2. The van der Waals surface area contributed by atoms with Gasteiger partial charge < -0.3 is 20.1 Å². The van der Waals surface area contributed by atoms with E-state index in [2.05, 4.69) is 15.5 Å². The molecule has 160 valence electrons. The third kappa shape index (κ3) is 6.05. The van der Waals surface area contributed by atoms with Crippen LogP contribution in [0.15, 0.2) is 48.5 Å². The van der Waals surface area contributed by atoms with Gasteiger partial charge in [0.05, 0.1) is 32.9 Å². The molecule has 7 nitrogen and oxygen atoms in total. The van der Waals surface area contributed by atoms with E-state index < -0.39 is 0 Å². The highest BCUT2D eigenvalue weighted by atomic mass is 16.5. The highest BCUT2D eigenvalue weighted by Crippen LogP contribution is 2.23. The molecule has 0 aromatic heterocycles. The van der Waals surface area contributed by atoms with E-state index in [1.54, 1.807) is 19.2 Å². The minimum atomic E-state index is -0.256. The molecule has 1 aliphatic heterocycles. The number of carbonyl (C=O) groups is 2. The Labute approximate surface area is 177 Å². The van der Waals surface area contributed by atoms with Gasteiger partial charge in [-0.1, -0.05) is 29.8 Å². The Balaban J connectivity index is 1.57. The minimum Gasteiger partial charge on any atom is -0.497 e. The highest BCUT2D eigenvalue weighted by molar-refractivity contribution is 5.96. The van der Waals surface area contributed by atoms with Gasteiger partial charge >= 0.3 is 0 Å². The Bertz CT molecular complexity index is 848. The van der Waals surface area contributed by atoms with Crippen molar-refractivity contribution in [2.45, 2.75) is 13.0 Å². The fourth-order valence-corrected chi connectivity index (χ4v) is 3.49. The lowest BCUT2D eigenvalue weighted by Gasteiger charge is -2.35. The topological polar surface area (TPSA) is 79.9 Å². The molecule has 1 saturated heterocycles. The summed E-state index contributed by atoms with van der Waals surface area (Å²) in [4.78, 5) is 26.9. The van der Waals surface area contributed by atoms with E-state index in [0.29, 0.717) is 25.3 Å². The molecule has 1 fully saturated rings. The van der Waals surface area contributed by atoms with Gasteiger partial charge in [0.15, 0.2) is 0 Å². The summed E-state index contributed by atoms with van der Waals surface area (Å²) in [7, 11) is 1.64. The van der Waals surface area contributed by atoms with Crippen molar-refractivity contribution in [3.63, 3.8) is 0 Å². The van der Waals surface area contributed by atoms with Crippen molar-refractivity contribution in [3.8, 4) is 5.75 Å². The van der Waals surface area contributed by atoms with E-state index in [4.69, 9.17) is 9.47 Å². The maximum Gasteiger partial charge on any atom is 0.251 e. The first kappa shape index (κ1) is 21.8. The summed E-state index contributed by atoms with van der Waals surface area (Å²) in [6.45, 7) is 5.26. The Morgan fingerprint density at radius 1 is 1.10 bits per heavy atom. The van der Waals surface area contributed by atoms with E-state index in [1.165, 1.54) is 0 Å². The molecule has 0 spiro atoms. The van der Waals surface area contributed by atoms with Crippen molar-refractivity contribution >= 4 is 11.8 Å². The molecule has 0 aliphatic carbocycles. The second kappa shape index (κ2) is 10.8. The zero-order valence-electron chi connectivity index (χ0n) is 17.5. The number of aryl methyl sites for hydroxylation is 1. The Kier molecular flexibility index (Phi) is 7.82. The number of methoxy groups -OCH3 is 1. The van der Waals surface area contributed by atoms with E-state index >= 15 is 0 Å². The summed E-state index contributed by atoms with van der Waals surface area (Å²) in [6.07, 6.45) is 0. The van der Waals surface area contributed by atoms with E-state index in [1.807, 2.05) is 43.3 Å². The van der Waals surface area contributed by atoms with Crippen LogP contribution >= 0.6 is 0 Å². The number of amides is 2. The van der Waals surface area contributed by atoms with Crippen molar-refractivity contribution in [2.24, 2.45) is 0 Å². The molecule has 3 rings (SSSR count). The second-order valence-electron chi connectivity index (χ2n) is 7.29. The molecule has 0 radical (unpaired) electrons. The molecule has 7 heteroatoms. The van der Waals surface area contributed by atoms with Crippen molar-refractivity contribution in [1.29, 1.82) is 0 Å². The summed E-state index contributed by atoms with van der Waals surface area (Å²) in [6, 6.07) is 15.2. The number of benzene rings is 2. The van der Waals surface area contributed by atoms with Crippen molar-refractivity contribution in [3.05, 3.63) is 65.2 Å². The summed E-state index contributed by atoms with van der Waals surface area (Å²) in [5.41, 5.74) is 2.65. The molecule has 30 heavy (non-hydrogen) atoms. The number of carbonyl (C=O) groups excluding carboxylic acids is 2. The van der Waals surface area contributed by atoms with Gasteiger partial charge in [0, 0.05) is 25.2 Å². The van der Waals surface area contributed by atoms with Crippen LogP contribution in [0.4, 0.5) is 0 Å². The number of hydrogen-bond donors (Lipinski definition) is 2. The van der Waals surface area contributed by atoms with Crippen LogP contribution in [0.3, 0.4) is 0 Å². The molecular formula is C23H29N3O4. The maximum absolute atomic E-state index is 12.4. The van der Waals surface area contributed by atoms with Crippen LogP contribution in [0, 0.1) is 6.92 Å². The SMILES string of the molecule is COc1ccc([C@H](CNC(=O)CNC(=O)c2cccc(C)c2)N2CCOCC2)cc1. The van der Waals surface area contributed by atoms with Crippen LogP contribution in [0.5, 0.6) is 5.75 Å². The lowest BCUT2D eigenvalue weighted by molar-refractivity contribution is -0.120. The van der Waals surface area contributed by atoms with Crippen LogP contribution in [0.1, 0.15) is 27.5 Å². The quantitative estimate of drug-likeness (QED) is 0.694. The third-order valence-electron chi connectivity index (χ3n) is 5.17. The van der Waals surface area contributed by atoms with Crippen molar-refractivity contribution in [2.75, 3.05) is 46.5 Å². The standard InChI is InChI=1S/C23H29N3O4/c1-17-4-3-5-19(14-17)23(28)25-16-22(27)24-15-21(26-10-12-30-13-11-26)18-6-8-20(29-2)9-7-18/h3-9,14,21H,10-13,15-16H2,1-2H3,(H,24,27)(H,25,28)/t21-/m0/s1. The molecule has 2 N–H and O–H groups in total. The van der Waals surface area contributed by atoms with Crippen LogP contribution in [0.25, 0.3) is 0 Å². The highest BCUT2D eigenvalue weighted by Gasteiger charge is 2.23. The van der Waals surface area contributed by atoms with Crippen molar-refractivity contribution in [1.82, 2.24) is 15.5 Å². The van der Waals surface area contributed by atoms with Gasteiger partial charge in [0.1, 0.15) is 5.75 Å². The monoisotopic (exact) mass is 411 g/mol. The number of nitrogens with one attached hydrogen (secondary N) is 2. The summed E-state index contributed by atoms with van der Waals surface area (Å²) in [5.74, 6) is 0.318. The molecule has 0 bridgehead atoms. The van der Waals surface area contributed by atoms with Gasteiger partial charge in [-0.2, -0.15) is 0 Å². The summed E-state index contributed by atoms with van der Waals surface area (Å²) in [5, 5.41) is 5.64. The van der Waals surface area contributed by atoms with Gasteiger partial charge in [-0.05, 0) is 36.8 Å². The zero-order chi connectivity index (χ0) is 21.3. The van der Waals surface area contributed by atoms with E-state index in [9.17, 15) is 9.59 Å². The lowest BCUT2D eigenvalue weighted by Crippen LogP contribution is -2.45. The van der Waals surface area contributed by atoms with Gasteiger partial charge in [-0.3, -0.25) is 14.5 Å². The molecule has 1 heterocycles. The molecule has 2 amide bonds. The predicted octanol–water partition coefficient (Wildman–Crippen LogP) is 1.92. The number of nitrogens with zero attached hydrogens (tertiary/aromatic N) is 1. The summed E-state index contributed by atoms with van der Waals surface area (Å²) >= 11 is 0. The average molecular weight is 412 g/mol. The van der Waals surface area contributed by atoms with Gasteiger partial charge in [0.2, 0.25) is 5.91 Å². The zero-order valence-corrected chi connectivity index (χ0v) is 17.5. The van der Waals surface area contributed by atoms with Crippen LogP contribution in [0.2, 0.25) is 0 Å². The maximum atomic E-state index is 12.4. The average Bonchev–Trinajstić information content (AvgIpc) is 2.78. The van der Waals surface area contributed by atoms with Crippen LogP contribution in [-0.2, 0) is 9.53 Å². The molecule has 1 atom stereocenters. The van der Waals surface area contributed by atoms with E-state index in [-0.39, 0.29) is 24.4 Å². The van der Waals surface area contributed by atoms with E-state index in [0.717, 1.165) is 30.0 Å². The lowest BCUT2D eigenvalue weighted by atomic mass is 10.0. The molecule has 0 unspecified atom stereocenters. The fourth-order valence-electron chi connectivity index (χ4n) is 3.49. The second-order valence-corrected chi connectivity index (χ2v) is 7.29. The smallest absolute Gasteiger partial charge is 0.251 e. The van der Waals surface area contributed by atoms with Crippen molar-refractivity contribution < 1.29 is 19.1 Å². The molecular weight excluding hydrogens is 382 g/mol. The molecule has 2 aromatic carbocycles. The first-order valence-electron chi connectivity index (χ1n) is 10.1. The fraction of sp³-hybridized carbons (Fsp3) is 0.391. The van der Waals surface area contributed by atoms with Gasteiger partial charge in [0.25, 0.3) is 5.91 Å². The number of rotatable bonds is 8. The Hall–Kier alpha value is -2.90. The van der Waals surface area contributed by atoms with Crippen LogP contribution < -0.4 is 15.4 Å². The Morgan fingerprint density at radius 3 is 2.50 bits per heavy atom. The first-order chi connectivity index (χ1) is 14.6. The Morgan fingerprint density at radius 2 is 1.83 bits per heavy atom. The third-order valence-corrected chi connectivity index (χ3v) is 5.17. The molecule has 1 aliphatic rings. The normalized spacial score (nSPS) is 15.3. The number of morpholine rings is 1. The molecule has 2 aromatic rings. The largest absolute Gasteiger partial charge is 0.497 e. The first-order valence-corrected chi connectivity index (χ1v) is 10.1. The minimum absolute atomic E-state index is 0.0243. The van der Waals surface area contributed by atoms with Gasteiger partial charge in [-0.15, -0.1) is 0 Å². The van der Waals surface area contributed by atoms with Gasteiger partial charge in [-0.25, -0.2) is 0 Å². The number of hydrogen-bond acceptors (Lipinski definition) is 5. The predicted molar refractivity (Wildman–Crippen MR) is 115 cm³/mol. The summed E-state index contributed by atoms with van der Waals surface area (Å²) < 4.78 is 10.7. The van der Waals surface area contributed by atoms with Crippen LogP contribution in [-0.4, -0.2) is 63.2 Å². The molecule has 0 saturated carbocycles.